The van der Waals surface area contributed by atoms with Crippen LogP contribution >= 0.6 is 0 Å². The van der Waals surface area contributed by atoms with Crippen LogP contribution in [0.5, 0.6) is 0 Å². The van der Waals surface area contributed by atoms with Crippen LogP contribution in [-0.2, 0) is 10.5 Å². The molecular formula is C14H32FNO3S. The van der Waals surface area contributed by atoms with Crippen molar-refractivity contribution in [1.82, 2.24) is 0 Å². The predicted octanol–water partition coefficient (Wildman–Crippen LogP) is 2.47. The second-order valence-electron chi connectivity index (χ2n) is 5.62. The van der Waals surface area contributed by atoms with E-state index in [1.807, 2.05) is 0 Å². The van der Waals surface area contributed by atoms with E-state index in [0.29, 0.717) is 0 Å². The van der Waals surface area contributed by atoms with Crippen molar-refractivity contribution in [2.45, 2.75) is 78.2 Å². The molecule has 0 radical (unpaired) electrons. The van der Waals surface area contributed by atoms with Gasteiger partial charge in [-0.25, -0.2) is 8.42 Å². The van der Waals surface area contributed by atoms with E-state index in [0.717, 1.165) is 6.04 Å². The smallest absolute Gasteiger partial charge is 0.255 e. The van der Waals surface area contributed by atoms with Crippen molar-refractivity contribution in [3.05, 3.63) is 0 Å². The van der Waals surface area contributed by atoms with Crippen molar-refractivity contribution < 1.29 is 21.8 Å². The third-order valence-corrected chi connectivity index (χ3v) is 3.41. The molecule has 1 N–H and O–H groups in total. The first kappa shape index (κ1) is 22.1. The van der Waals surface area contributed by atoms with Crippen LogP contribution in [-0.4, -0.2) is 32.6 Å². The summed E-state index contributed by atoms with van der Waals surface area (Å²) in [5, 5.41) is 0. The maximum atomic E-state index is 10.1. The van der Waals surface area contributed by atoms with E-state index in [1.54, 1.807) is 4.90 Å². The van der Waals surface area contributed by atoms with Crippen LogP contribution in [0.4, 0.5) is 3.89 Å². The molecule has 0 aromatic heterocycles. The van der Waals surface area contributed by atoms with Crippen molar-refractivity contribution in [3.8, 4) is 0 Å². The summed E-state index contributed by atoms with van der Waals surface area (Å²) in [6.45, 7) is 8.25. The maximum Gasteiger partial charge on any atom is 0.255 e. The van der Waals surface area contributed by atoms with Crippen LogP contribution < -0.4 is 4.90 Å². The highest BCUT2D eigenvalue weighted by Crippen LogP contribution is 2.07. The second kappa shape index (κ2) is 13.8. The Labute approximate surface area is 124 Å². The zero-order valence-electron chi connectivity index (χ0n) is 13.5. The standard InChI is InChI=1S/C14H31N.FHO3S/c1-5-6-7-8-9-10-11-12-13-15(4)14(2)3;1-5(2,3)4/h14H,5-13H2,1-4H3;(H,2,3,4). The fourth-order valence-corrected chi connectivity index (χ4v) is 1.83. The summed E-state index contributed by atoms with van der Waals surface area (Å²) >= 11 is 0. The lowest BCUT2D eigenvalue weighted by molar-refractivity contribution is -0.902. The largest absolute Gasteiger partial charge is 0.722 e. The third kappa shape index (κ3) is 26.4. The van der Waals surface area contributed by atoms with E-state index in [-0.39, 0.29) is 0 Å². The van der Waals surface area contributed by atoms with Crippen molar-refractivity contribution >= 4 is 10.5 Å². The molecule has 1 atom stereocenters. The quantitative estimate of drug-likeness (QED) is 0.383. The van der Waals surface area contributed by atoms with Gasteiger partial charge in [-0.15, -0.1) is 3.89 Å². The molecule has 0 bridgehead atoms. The molecule has 0 aromatic carbocycles. The van der Waals surface area contributed by atoms with E-state index < -0.39 is 10.5 Å². The van der Waals surface area contributed by atoms with Crippen LogP contribution in [0.15, 0.2) is 0 Å². The first-order chi connectivity index (χ1) is 9.18. The van der Waals surface area contributed by atoms with Gasteiger partial charge >= 0.3 is 0 Å². The summed E-state index contributed by atoms with van der Waals surface area (Å²) in [6.07, 6.45) is 11.5. The minimum absolute atomic E-state index is 0.787. The highest BCUT2D eigenvalue weighted by molar-refractivity contribution is 7.80. The average molecular weight is 313 g/mol. The zero-order chi connectivity index (χ0) is 16.0. The van der Waals surface area contributed by atoms with Crippen molar-refractivity contribution in [1.29, 1.82) is 0 Å². The van der Waals surface area contributed by atoms with Crippen LogP contribution in [0.1, 0.15) is 72.1 Å². The second-order valence-corrected chi connectivity index (χ2v) is 6.41. The number of quaternary nitrogens is 1. The summed E-state index contributed by atoms with van der Waals surface area (Å²) < 4.78 is 35.3. The maximum absolute atomic E-state index is 10.1. The fourth-order valence-electron chi connectivity index (χ4n) is 1.83. The fraction of sp³-hybridized carbons (Fsp3) is 1.00. The van der Waals surface area contributed by atoms with Crippen molar-refractivity contribution in [2.24, 2.45) is 0 Å². The molecule has 6 heteroatoms. The molecule has 0 aromatic rings. The van der Waals surface area contributed by atoms with E-state index in [2.05, 4.69) is 27.8 Å². The van der Waals surface area contributed by atoms with Gasteiger partial charge in [0.05, 0.1) is 19.6 Å². The molecule has 0 saturated carbocycles. The minimum atomic E-state index is -5.42. The van der Waals surface area contributed by atoms with Gasteiger partial charge in [-0.05, 0) is 26.7 Å². The van der Waals surface area contributed by atoms with Crippen LogP contribution in [0.2, 0.25) is 0 Å². The first-order valence-corrected chi connectivity index (χ1v) is 8.97. The Hall–Kier alpha value is -0.200. The highest BCUT2D eigenvalue weighted by Gasteiger charge is 2.04. The number of nitrogens with one attached hydrogen (secondary N) is 1. The van der Waals surface area contributed by atoms with Gasteiger partial charge in [0.2, 0.25) is 0 Å². The van der Waals surface area contributed by atoms with E-state index >= 15 is 0 Å². The van der Waals surface area contributed by atoms with Crippen LogP contribution in [0.25, 0.3) is 0 Å². The molecular weight excluding hydrogens is 281 g/mol. The Kier molecular flexibility index (Phi) is 15.2. The van der Waals surface area contributed by atoms with E-state index in [1.165, 1.54) is 57.9 Å². The van der Waals surface area contributed by atoms with Gasteiger partial charge in [0.1, 0.15) is 0 Å². The predicted molar refractivity (Wildman–Crippen MR) is 80.3 cm³/mol. The molecule has 1 unspecified atom stereocenters. The number of rotatable bonds is 10. The third-order valence-electron chi connectivity index (χ3n) is 3.41. The SMILES string of the molecule is CCCCCCCCCC[NH+](C)C(C)C.O=S(=O)([O-])F. The van der Waals surface area contributed by atoms with Gasteiger partial charge in [0.25, 0.3) is 10.5 Å². The molecule has 0 heterocycles. The molecule has 0 aliphatic carbocycles. The average Bonchev–Trinajstić information content (AvgIpc) is 2.30. The Morgan fingerprint density at radius 3 is 1.70 bits per heavy atom. The van der Waals surface area contributed by atoms with Crippen LogP contribution in [0.3, 0.4) is 0 Å². The van der Waals surface area contributed by atoms with E-state index in [4.69, 9.17) is 13.0 Å². The first-order valence-electron chi connectivity index (χ1n) is 7.66. The highest BCUT2D eigenvalue weighted by atomic mass is 32.3. The number of hydrogen-bond acceptors (Lipinski definition) is 3. The topological polar surface area (TPSA) is 61.6 Å². The summed E-state index contributed by atoms with van der Waals surface area (Å²) in [6, 6.07) is 0.787. The van der Waals surface area contributed by atoms with E-state index in [9.17, 15) is 3.89 Å². The van der Waals surface area contributed by atoms with Crippen molar-refractivity contribution in [2.75, 3.05) is 13.6 Å². The molecule has 0 fully saturated rings. The van der Waals surface area contributed by atoms with Gasteiger partial charge in [-0.3, -0.25) is 0 Å². The molecule has 20 heavy (non-hydrogen) atoms. The Morgan fingerprint density at radius 1 is 1.00 bits per heavy atom. The number of halogens is 1. The molecule has 124 valence electrons. The van der Waals surface area contributed by atoms with Gasteiger partial charge in [-0.1, -0.05) is 45.4 Å². The summed E-state index contributed by atoms with van der Waals surface area (Å²) in [5.74, 6) is 0. The van der Waals surface area contributed by atoms with Gasteiger partial charge in [-0.2, -0.15) is 0 Å². The molecule has 0 amide bonds. The van der Waals surface area contributed by atoms with Gasteiger partial charge in [0.15, 0.2) is 0 Å². The lowest BCUT2D eigenvalue weighted by atomic mass is 10.1. The minimum Gasteiger partial charge on any atom is -0.722 e. The molecule has 0 spiro atoms. The van der Waals surface area contributed by atoms with Crippen molar-refractivity contribution in [3.63, 3.8) is 0 Å². The summed E-state index contributed by atoms with van der Waals surface area (Å²) in [7, 11) is -3.11. The lowest BCUT2D eigenvalue weighted by Crippen LogP contribution is -3.12. The van der Waals surface area contributed by atoms with Crippen LogP contribution in [0, 0.1) is 0 Å². The number of hydrogen-bond donors (Lipinski definition) is 1. The summed E-state index contributed by atoms with van der Waals surface area (Å²) in [4.78, 5) is 1.68. The zero-order valence-corrected chi connectivity index (χ0v) is 14.3. The molecule has 0 saturated heterocycles. The monoisotopic (exact) mass is 313 g/mol. The van der Waals surface area contributed by atoms with Gasteiger partial charge in [0, 0.05) is 0 Å². The Morgan fingerprint density at radius 2 is 1.35 bits per heavy atom. The normalized spacial score (nSPS) is 12.9. The molecule has 0 aliphatic heterocycles. The molecule has 0 rings (SSSR count). The van der Waals surface area contributed by atoms with Gasteiger partial charge < -0.3 is 9.45 Å². The Bertz CT molecular complexity index is 287. The summed E-state index contributed by atoms with van der Waals surface area (Å²) in [5.41, 5.74) is 0. The lowest BCUT2D eigenvalue weighted by Gasteiger charge is -2.17. The Balaban J connectivity index is 0. The number of unbranched alkanes of at least 4 members (excludes halogenated alkanes) is 7. The molecule has 4 nitrogen and oxygen atoms in total. The molecule has 0 aliphatic rings.